The molecule has 1 aliphatic rings. The molecule has 1 aliphatic heterocycles. The van der Waals surface area contributed by atoms with Crippen LogP contribution in [0.1, 0.15) is 40.8 Å². The number of carbonyl (C=O) groups excluding carboxylic acids is 1. The van der Waals surface area contributed by atoms with Gasteiger partial charge in [-0.15, -0.1) is 0 Å². The minimum atomic E-state index is -0.0223. The fraction of sp³-hybridized carbons (Fsp3) is 0.250. The molecular formula is C20H20N4O. The number of amides is 1. The van der Waals surface area contributed by atoms with Crippen LogP contribution in [0.2, 0.25) is 0 Å². The van der Waals surface area contributed by atoms with E-state index in [-0.39, 0.29) is 11.9 Å². The molecule has 1 fully saturated rings. The van der Waals surface area contributed by atoms with E-state index in [9.17, 15) is 4.79 Å². The van der Waals surface area contributed by atoms with Crippen LogP contribution in [-0.2, 0) is 0 Å². The number of benzene rings is 1. The van der Waals surface area contributed by atoms with E-state index in [1.165, 1.54) is 0 Å². The molecule has 0 N–H and O–H groups in total. The van der Waals surface area contributed by atoms with E-state index in [2.05, 4.69) is 10.1 Å². The maximum absolute atomic E-state index is 13.0. The van der Waals surface area contributed by atoms with Crippen molar-refractivity contribution >= 4 is 5.91 Å². The second-order valence-electron chi connectivity index (χ2n) is 6.33. The molecular weight excluding hydrogens is 312 g/mol. The van der Waals surface area contributed by atoms with Crippen LogP contribution in [0.25, 0.3) is 5.69 Å². The van der Waals surface area contributed by atoms with Gasteiger partial charge in [0.15, 0.2) is 5.69 Å². The summed E-state index contributed by atoms with van der Waals surface area (Å²) in [7, 11) is 0. The van der Waals surface area contributed by atoms with Crippen molar-refractivity contribution in [2.24, 2.45) is 0 Å². The molecule has 4 rings (SSSR count). The van der Waals surface area contributed by atoms with E-state index < -0.39 is 0 Å². The normalized spacial score (nSPS) is 17.0. The van der Waals surface area contributed by atoms with Crippen molar-refractivity contribution in [1.82, 2.24) is 19.7 Å². The first-order valence-corrected chi connectivity index (χ1v) is 8.58. The maximum atomic E-state index is 13.0. The Labute approximate surface area is 146 Å². The Bertz CT molecular complexity index is 873. The third kappa shape index (κ3) is 2.93. The van der Waals surface area contributed by atoms with Crippen molar-refractivity contribution in [1.29, 1.82) is 0 Å². The summed E-state index contributed by atoms with van der Waals surface area (Å²) in [5.41, 5.74) is 3.35. The van der Waals surface area contributed by atoms with E-state index in [0.29, 0.717) is 5.69 Å². The monoisotopic (exact) mass is 332 g/mol. The quantitative estimate of drug-likeness (QED) is 0.737. The molecule has 3 heterocycles. The topological polar surface area (TPSA) is 51.0 Å². The summed E-state index contributed by atoms with van der Waals surface area (Å²) in [4.78, 5) is 19.4. The van der Waals surface area contributed by atoms with Gasteiger partial charge in [-0.2, -0.15) is 5.10 Å². The zero-order chi connectivity index (χ0) is 17.2. The van der Waals surface area contributed by atoms with Gasteiger partial charge in [-0.1, -0.05) is 24.3 Å². The zero-order valence-electron chi connectivity index (χ0n) is 14.2. The van der Waals surface area contributed by atoms with E-state index in [0.717, 1.165) is 36.5 Å². The Morgan fingerprint density at radius 1 is 1.12 bits per heavy atom. The van der Waals surface area contributed by atoms with Crippen molar-refractivity contribution in [2.75, 3.05) is 6.54 Å². The highest BCUT2D eigenvalue weighted by molar-refractivity contribution is 5.93. The molecule has 1 saturated heterocycles. The number of aryl methyl sites for hydroxylation is 1. The summed E-state index contributed by atoms with van der Waals surface area (Å²) in [6.45, 7) is 2.72. The fourth-order valence-corrected chi connectivity index (χ4v) is 3.45. The summed E-state index contributed by atoms with van der Waals surface area (Å²) < 4.78 is 1.82. The number of para-hydroxylation sites is 1. The second-order valence-corrected chi connectivity index (χ2v) is 6.33. The Hall–Kier alpha value is -2.95. The van der Waals surface area contributed by atoms with Crippen molar-refractivity contribution in [3.63, 3.8) is 0 Å². The predicted molar refractivity (Wildman–Crippen MR) is 95.5 cm³/mol. The van der Waals surface area contributed by atoms with E-state index >= 15 is 0 Å². The van der Waals surface area contributed by atoms with E-state index in [4.69, 9.17) is 0 Å². The van der Waals surface area contributed by atoms with Crippen LogP contribution >= 0.6 is 0 Å². The van der Waals surface area contributed by atoms with Crippen molar-refractivity contribution in [3.05, 3.63) is 77.9 Å². The highest BCUT2D eigenvalue weighted by Crippen LogP contribution is 2.31. The van der Waals surface area contributed by atoms with Gasteiger partial charge >= 0.3 is 0 Å². The lowest BCUT2D eigenvalue weighted by Gasteiger charge is -2.23. The summed E-state index contributed by atoms with van der Waals surface area (Å²) in [6, 6.07) is 17.6. The van der Waals surface area contributed by atoms with E-state index in [1.54, 1.807) is 6.20 Å². The standard InChI is InChI=1S/C20H20N4O/c1-15-14-18(22-24(15)16-8-3-2-4-9-16)20(25)23-13-7-11-19(23)17-10-5-6-12-21-17/h2-6,8-10,12,14,19H,7,11,13H2,1H3/t19-/m1/s1. The zero-order valence-corrected chi connectivity index (χ0v) is 14.2. The molecule has 0 radical (unpaired) electrons. The van der Waals surface area contributed by atoms with Gasteiger partial charge in [0, 0.05) is 18.4 Å². The van der Waals surface area contributed by atoms with Crippen molar-refractivity contribution < 1.29 is 4.79 Å². The first-order chi connectivity index (χ1) is 12.2. The smallest absolute Gasteiger partial charge is 0.274 e. The average Bonchev–Trinajstić information content (AvgIpc) is 3.29. The van der Waals surface area contributed by atoms with Crippen LogP contribution in [0.5, 0.6) is 0 Å². The van der Waals surface area contributed by atoms with Crippen LogP contribution in [0, 0.1) is 6.92 Å². The first-order valence-electron chi connectivity index (χ1n) is 8.58. The number of aromatic nitrogens is 3. The van der Waals surface area contributed by atoms with E-state index in [1.807, 2.05) is 71.1 Å². The molecule has 0 spiro atoms. The van der Waals surface area contributed by atoms with Gasteiger partial charge in [-0.3, -0.25) is 9.78 Å². The Morgan fingerprint density at radius 2 is 1.92 bits per heavy atom. The minimum Gasteiger partial charge on any atom is -0.329 e. The summed E-state index contributed by atoms with van der Waals surface area (Å²) in [5, 5.41) is 4.56. The summed E-state index contributed by atoms with van der Waals surface area (Å²) in [5.74, 6) is -0.0223. The highest BCUT2D eigenvalue weighted by atomic mass is 16.2. The van der Waals surface area contributed by atoms with Crippen LogP contribution in [0.15, 0.2) is 60.8 Å². The molecule has 25 heavy (non-hydrogen) atoms. The van der Waals surface area contributed by atoms with Crippen molar-refractivity contribution in [3.8, 4) is 5.69 Å². The molecule has 0 saturated carbocycles. The molecule has 126 valence electrons. The number of hydrogen-bond donors (Lipinski definition) is 0. The molecule has 0 bridgehead atoms. The van der Waals surface area contributed by atoms with Gasteiger partial charge in [-0.05, 0) is 50.1 Å². The third-order valence-electron chi connectivity index (χ3n) is 4.65. The number of pyridine rings is 1. The average molecular weight is 332 g/mol. The fourth-order valence-electron chi connectivity index (χ4n) is 3.45. The number of hydrogen-bond acceptors (Lipinski definition) is 3. The molecule has 3 aromatic rings. The van der Waals surface area contributed by atoms with Gasteiger partial charge in [-0.25, -0.2) is 4.68 Å². The third-order valence-corrected chi connectivity index (χ3v) is 4.65. The summed E-state index contributed by atoms with van der Waals surface area (Å²) >= 11 is 0. The highest BCUT2D eigenvalue weighted by Gasteiger charge is 2.32. The lowest BCUT2D eigenvalue weighted by atomic mass is 10.1. The van der Waals surface area contributed by atoms with Crippen LogP contribution in [-0.4, -0.2) is 32.1 Å². The minimum absolute atomic E-state index is 0.0223. The molecule has 1 aromatic carbocycles. The number of carbonyl (C=O) groups is 1. The lowest BCUT2D eigenvalue weighted by Crippen LogP contribution is -2.31. The molecule has 5 nitrogen and oxygen atoms in total. The Kier molecular flexibility index (Phi) is 4.06. The maximum Gasteiger partial charge on any atom is 0.274 e. The Morgan fingerprint density at radius 3 is 2.68 bits per heavy atom. The van der Waals surface area contributed by atoms with Crippen LogP contribution in [0.3, 0.4) is 0 Å². The summed E-state index contributed by atoms with van der Waals surface area (Å²) in [6.07, 6.45) is 3.72. The molecule has 0 aliphatic carbocycles. The number of nitrogens with zero attached hydrogens (tertiary/aromatic N) is 4. The SMILES string of the molecule is Cc1cc(C(=O)N2CCC[C@@H]2c2ccccn2)nn1-c1ccccc1. The number of likely N-dealkylation sites (tertiary alicyclic amines) is 1. The lowest BCUT2D eigenvalue weighted by molar-refractivity contribution is 0.0726. The van der Waals surface area contributed by atoms with Crippen LogP contribution in [0.4, 0.5) is 0 Å². The van der Waals surface area contributed by atoms with Gasteiger partial charge in [0.05, 0.1) is 17.4 Å². The first kappa shape index (κ1) is 15.6. The molecule has 2 aromatic heterocycles. The molecule has 1 amide bonds. The number of rotatable bonds is 3. The van der Waals surface area contributed by atoms with Gasteiger partial charge in [0.25, 0.3) is 5.91 Å². The van der Waals surface area contributed by atoms with Gasteiger partial charge in [0.1, 0.15) is 0 Å². The predicted octanol–water partition coefficient (Wildman–Crippen LogP) is 3.55. The van der Waals surface area contributed by atoms with Crippen molar-refractivity contribution in [2.45, 2.75) is 25.8 Å². The second kappa shape index (κ2) is 6.51. The molecule has 1 atom stereocenters. The Balaban J connectivity index is 1.63. The molecule has 5 heteroatoms. The molecule has 0 unspecified atom stereocenters. The largest absolute Gasteiger partial charge is 0.329 e. The van der Waals surface area contributed by atoms with Gasteiger partial charge in [0.2, 0.25) is 0 Å². The van der Waals surface area contributed by atoms with Crippen LogP contribution < -0.4 is 0 Å². The van der Waals surface area contributed by atoms with Gasteiger partial charge < -0.3 is 4.90 Å².